The summed E-state index contributed by atoms with van der Waals surface area (Å²) in [6.45, 7) is 2.79. The maximum Gasteiger partial charge on any atom is 0.127 e. The molecule has 0 saturated carbocycles. The van der Waals surface area contributed by atoms with Crippen LogP contribution in [0.25, 0.3) is 11.0 Å². The minimum atomic E-state index is -0.271. The molecule has 0 bridgehead atoms. The lowest BCUT2D eigenvalue weighted by atomic mass is 10.1. The molecular formula is C18H20FN3. The number of rotatable bonds is 5. The van der Waals surface area contributed by atoms with Gasteiger partial charge in [0.05, 0.1) is 17.1 Å². The highest BCUT2D eigenvalue weighted by Gasteiger charge is 2.17. The maximum absolute atomic E-state index is 13.5. The number of aromatic nitrogens is 2. The Bertz CT molecular complexity index is 765. The van der Waals surface area contributed by atoms with Crippen molar-refractivity contribution in [2.45, 2.75) is 32.4 Å². The molecule has 0 spiro atoms. The Balaban J connectivity index is 2.09. The van der Waals surface area contributed by atoms with Crippen molar-refractivity contribution in [2.75, 3.05) is 0 Å². The molecule has 0 aliphatic rings. The minimum Gasteiger partial charge on any atom is -0.322 e. The summed E-state index contributed by atoms with van der Waals surface area (Å²) in [5, 5.41) is 0. The molecule has 3 rings (SSSR count). The number of nitrogens with zero attached hydrogens (tertiary/aromatic N) is 2. The van der Waals surface area contributed by atoms with E-state index in [-0.39, 0.29) is 11.9 Å². The Labute approximate surface area is 129 Å². The van der Waals surface area contributed by atoms with Crippen molar-refractivity contribution >= 4 is 11.0 Å². The molecule has 0 radical (unpaired) electrons. The van der Waals surface area contributed by atoms with E-state index < -0.39 is 0 Å². The minimum absolute atomic E-state index is 0.135. The van der Waals surface area contributed by atoms with Crippen LogP contribution >= 0.6 is 0 Å². The first-order valence-corrected chi connectivity index (χ1v) is 7.64. The summed E-state index contributed by atoms with van der Waals surface area (Å²) >= 11 is 0. The molecule has 1 heterocycles. The average Bonchev–Trinajstić information content (AvgIpc) is 2.86. The largest absolute Gasteiger partial charge is 0.322 e. The number of halogens is 1. The van der Waals surface area contributed by atoms with Crippen LogP contribution in [-0.4, -0.2) is 9.55 Å². The highest BCUT2D eigenvalue weighted by molar-refractivity contribution is 5.76. The maximum atomic E-state index is 13.5. The highest BCUT2D eigenvalue weighted by atomic mass is 19.1. The van der Waals surface area contributed by atoms with E-state index >= 15 is 0 Å². The van der Waals surface area contributed by atoms with E-state index in [1.165, 1.54) is 17.7 Å². The highest BCUT2D eigenvalue weighted by Crippen LogP contribution is 2.24. The average molecular weight is 297 g/mol. The second-order valence-electron chi connectivity index (χ2n) is 5.57. The number of imidazole rings is 1. The van der Waals surface area contributed by atoms with Gasteiger partial charge in [-0.1, -0.05) is 43.7 Å². The predicted molar refractivity (Wildman–Crippen MR) is 87.1 cm³/mol. The first-order chi connectivity index (χ1) is 10.7. The molecule has 0 amide bonds. The van der Waals surface area contributed by atoms with Gasteiger partial charge in [0.15, 0.2) is 0 Å². The fraction of sp³-hybridized carbons (Fsp3) is 0.278. The summed E-state index contributed by atoms with van der Waals surface area (Å²) in [6.07, 6.45) is 1.85. The topological polar surface area (TPSA) is 43.8 Å². The fourth-order valence-electron chi connectivity index (χ4n) is 2.78. The van der Waals surface area contributed by atoms with E-state index in [4.69, 9.17) is 5.73 Å². The van der Waals surface area contributed by atoms with Crippen LogP contribution in [0.15, 0.2) is 48.5 Å². The van der Waals surface area contributed by atoms with Crippen molar-refractivity contribution in [2.24, 2.45) is 5.73 Å². The van der Waals surface area contributed by atoms with E-state index in [0.29, 0.717) is 12.1 Å². The normalized spacial score (nSPS) is 12.7. The molecule has 0 fully saturated rings. The zero-order valence-electron chi connectivity index (χ0n) is 12.7. The smallest absolute Gasteiger partial charge is 0.127 e. The monoisotopic (exact) mass is 297 g/mol. The van der Waals surface area contributed by atoms with Crippen LogP contribution in [0.3, 0.4) is 0 Å². The zero-order chi connectivity index (χ0) is 15.5. The first-order valence-electron chi connectivity index (χ1n) is 7.64. The lowest BCUT2D eigenvalue weighted by molar-refractivity contribution is 0.572. The summed E-state index contributed by atoms with van der Waals surface area (Å²) in [4.78, 5) is 4.59. The standard InChI is InChI=1S/C18H20FN3/c1-2-6-15(20)18-21-16-11-14(19)9-10-17(16)22(18)12-13-7-4-3-5-8-13/h3-5,7-11,15H,2,6,12,20H2,1H3. The van der Waals surface area contributed by atoms with Crippen molar-refractivity contribution in [3.05, 3.63) is 65.7 Å². The number of hydrogen-bond acceptors (Lipinski definition) is 2. The third kappa shape index (κ3) is 2.88. The molecule has 114 valence electrons. The Morgan fingerprint density at radius 1 is 1.18 bits per heavy atom. The van der Waals surface area contributed by atoms with Crippen molar-refractivity contribution in [1.29, 1.82) is 0 Å². The van der Waals surface area contributed by atoms with Gasteiger partial charge in [-0.2, -0.15) is 0 Å². The first kappa shape index (κ1) is 14.7. The lowest BCUT2D eigenvalue weighted by Crippen LogP contribution is -2.17. The van der Waals surface area contributed by atoms with Crippen LogP contribution in [0.5, 0.6) is 0 Å². The third-order valence-electron chi connectivity index (χ3n) is 3.85. The molecule has 2 N–H and O–H groups in total. The van der Waals surface area contributed by atoms with E-state index in [2.05, 4.69) is 28.6 Å². The Kier molecular flexibility index (Phi) is 4.20. The second-order valence-corrected chi connectivity index (χ2v) is 5.57. The van der Waals surface area contributed by atoms with Gasteiger partial charge in [0.2, 0.25) is 0 Å². The SMILES string of the molecule is CCCC(N)c1nc2cc(F)ccc2n1Cc1ccccc1. The van der Waals surface area contributed by atoms with Crippen LogP contribution in [0.4, 0.5) is 4.39 Å². The molecule has 1 atom stereocenters. The van der Waals surface area contributed by atoms with Crippen molar-refractivity contribution < 1.29 is 4.39 Å². The van der Waals surface area contributed by atoms with Gasteiger partial charge in [-0.15, -0.1) is 0 Å². The van der Waals surface area contributed by atoms with Gasteiger partial charge in [-0.25, -0.2) is 9.37 Å². The molecule has 3 aromatic rings. The Hall–Kier alpha value is -2.20. The van der Waals surface area contributed by atoms with Crippen LogP contribution in [0.1, 0.15) is 37.2 Å². The molecule has 4 heteroatoms. The summed E-state index contributed by atoms with van der Waals surface area (Å²) in [5.74, 6) is 0.554. The number of nitrogens with two attached hydrogens (primary N) is 1. The molecule has 1 unspecified atom stereocenters. The molecule has 2 aromatic carbocycles. The lowest BCUT2D eigenvalue weighted by Gasteiger charge is -2.14. The van der Waals surface area contributed by atoms with Gasteiger partial charge in [0.25, 0.3) is 0 Å². The summed E-state index contributed by atoms with van der Waals surface area (Å²) in [7, 11) is 0. The van der Waals surface area contributed by atoms with Gasteiger partial charge < -0.3 is 10.3 Å². The number of hydrogen-bond donors (Lipinski definition) is 1. The van der Waals surface area contributed by atoms with Gasteiger partial charge in [0, 0.05) is 12.6 Å². The predicted octanol–water partition coefficient (Wildman–Crippen LogP) is 4.02. The molecule has 0 saturated heterocycles. The van der Waals surface area contributed by atoms with Crippen LogP contribution in [0.2, 0.25) is 0 Å². The van der Waals surface area contributed by atoms with Crippen LogP contribution in [0, 0.1) is 5.82 Å². The van der Waals surface area contributed by atoms with Crippen molar-refractivity contribution in [3.63, 3.8) is 0 Å². The third-order valence-corrected chi connectivity index (χ3v) is 3.85. The van der Waals surface area contributed by atoms with Gasteiger partial charge in [0.1, 0.15) is 11.6 Å². The van der Waals surface area contributed by atoms with Gasteiger partial charge in [-0.3, -0.25) is 0 Å². The van der Waals surface area contributed by atoms with Crippen LogP contribution < -0.4 is 5.73 Å². The Morgan fingerprint density at radius 3 is 2.68 bits per heavy atom. The molecule has 0 aliphatic heterocycles. The van der Waals surface area contributed by atoms with Gasteiger partial charge in [-0.05, 0) is 24.1 Å². The van der Waals surface area contributed by atoms with E-state index in [9.17, 15) is 4.39 Å². The van der Waals surface area contributed by atoms with Crippen LogP contribution in [-0.2, 0) is 6.54 Å². The fourth-order valence-corrected chi connectivity index (χ4v) is 2.78. The van der Waals surface area contributed by atoms with E-state index in [1.807, 2.05) is 18.2 Å². The quantitative estimate of drug-likeness (QED) is 0.773. The summed E-state index contributed by atoms with van der Waals surface area (Å²) in [6, 6.07) is 14.8. The van der Waals surface area contributed by atoms with Gasteiger partial charge >= 0.3 is 0 Å². The number of fused-ring (bicyclic) bond motifs is 1. The molecular weight excluding hydrogens is 277 g/mol. The number of benzene rings is 2. The molecule has 0 aliphatic carbocycles. The summed E-state index contributed by atoms with van der Waals surface area (Å²) < 4.78 is 15.6. The molecule has 22 heavy (non-hydrogen) atoms. The van der Waals surface area contributed by atoms with Crippen molar-refractivity contribution in [3.8, 4) is 0 Å². The summed E-state index contributed by atoms with van der Waals surface area (Å²) in [5.41, 5.74) is 9.05. The Morgan fingerprint density at radius 2 is 1.95 bits per heavy atom. The molecule has 1 aromatic heterocycles. The van der Waals surface area contributed by atoms with E-state index in [0.717, 1.165) is 24.2 Å². The van der Waals surface area contributed by atoms with Crippen molar-refractivity contribution in [1.82, 2.24) is 9.55 Å². The van der Waals surface area contributed by atoms with E-state index in [1.54, 1.807) is 6.07 Å². The second kappa shape index (κ2) is 6.28. The zero-order valence-corrected chi connectivity index (χ0v) is 12.7. The molecule has 3 nitrogen and oxygen atoms in total.